The van der Waals surface area contributed by atoms with E-state index in [9.17, 15) is 9.59 Å². The van der Waals surface area contributed by atoms with E-state index in [2.05, 4.69) is 26.1 Å². The zero-order valence-electron chi connectivity index (χ0n) is 15.8. The van der Waals surface area contributed by atoms with Crippen molar-refractivity contribution in [3.05, 3.63) is 29.8 Å². The molecule has 1 heterocycles. The second-order valence-electron chi connectivity index (χ2n) is 7.99. The van der Waals surface area contributed by atoms with Crippen molar-refractivity contribution < 1.29 is 14.3 Å². The molecule has 1 aromatic carbocycles. The summed E-state index contributed by atoms with van der Waals surface area (Å²) < 4.78 is 5.19. The zero-order chi connectivity index (χ0) is 18.4. The van der Waals surface area contributed by atoms with Crippen LogP contribution in [0.5, 0.6) is 5.75 Å². The number of rotatable bonds is 5. The minimum absolute atomic E-state index is 0.0128. The van der Waals surface area contributed by atoms with Gasteiger partial charge in [0, 0.05) is 25.6 Å². The van der Waals surface area contributed by atoms with Gasteiger partial charge in [-0.25, -0.2) is 0 Å². The van der Waals surface area contributed by atoms with E-state index >= 15 is 0 Å². The van der Waals surface area contributed by atoms with E-state index in [4.69, 9.17) is 4.74 Å². The lowest BCUT2D eigenvalue weighted by molar-refractivity contribution is -0.134. The van der Waals surface area contributed by atoms with Crippen LogP contribution in [0.4, 0.5) is 0 Å². The molecule has 1 N–H and O–H groups in total. The molecular formula is C20H30N2O3. The molecule has 0 radical (unpaired) electrons. The minimum Gasteiger partial charge on any atom is -0.497 e. The Labute approximate surface area is 150 Å². The van der Waals surface area contributed by atoms with Crippen molar-refractivity contribution in [3.8, 4) is 5.75 Å². The highest BCUT2D eigenvalue weighted by atomic mass is 16.5. The Kier molecular flexibility index (Phi) is 6.45. The number of nitrogens with one attached hydrogen (secondary N) is 1. The third-order valence-corrected chi connectivity index (χ3v) is 4.39. The molecule has 2 rings (SSSR count). The van der Waals surface area contributed by atoms with Gasteiger partial charge in [-0.2, -0.15) is 0 Å². The highest BCUT2D eigenvalue weighted by Crippen LogP contribution is 2.21. The van der Waals surface area contributed by atoms with Gasteiger partial charge in [-0.3, -0.25) is 9.59 Å². The topological polar surface area (TPSA) is 58.6 Å². The number of carbonyl (C=O) groups excluding carboxylic acids is 2. The number of nitrogens with zero attached hydrogens (tertiary/aromatic N) is 1. The summed E-state index contributed by atoms with van der Waals surface area (Å²) in [6, 6.07) is 7.72. The van der Waals surface area contributed by atoms with Crippen LogP contribution in [0.2, 0.25) is 0 Å². The summed E-state index contributed by atoms with van der Waals surface area (Å²) in [7, 11) is 1.62. The maximum Gasteiger partial charge on any atom is 0.224 e. The van der Waals surface area contributed by atoms with Crippen LogP contribution in [0.15, 0.2) is 24.3 Å². The average molecular weight is 346 g/mol. The summed E-state index contributed by atoms with van der Waals surface area (Å²) >= 11 is 0. The number of benzene rings is 1. The maximum atomic E-state index is 12.3. The van der Waals surface area contributed by atoms with E-state index in [1.54, 1.807) is 7.11 Å². The van der Waals surface area contributed by atoms with Gasteiger partial charge in [0.05, 0.1) is 13.5 Å². The van der Waals surface area contributed by atoms with Crippen molar-refractivity contribution >= 4 is 11.8 Å². The molecule has 5 nitrogen and oxygen atoms in total. The van der Waals surface area contributed by atoms with Crippen molar-refractivity contribution in [3.63, 3.8) is 0 Å². The zero-order valence-corrected chi connectivity index (χ0v) is 15.8. The van der Waals surface area contributed by atoms with Crippen molar-refractivity contribution in [2.45, 2.75) is 52.5 Å². The summed E-state index contributed by atoms with van der Waals surface area (Å²) in [5.41, 5.74) is 0.952. The predicted octanol–water partition coefficient (Wildman–Crippen LogP) is 2.78. The van der Waals surface area contributed by atoms with Crippen molar-refractivity contribution in [1.29, 1.82) is 0 Å². The Morgan fingerprint density at radius 3 is 2.52 bits per heavy atom. The molecule has 1 aliphatic rings. The molecule has 0 atom stereocenters. The first-order valence-corrected chi connectivity index (χ1v) is 8.97. The summed E-state index contributed by atoms with van der Waals surface area (Å²) in [4.78, 5) is 26.4. The quantitative estimate of drug-likeness (QED) is 0.892. The second-order valence-corrected chi connectivity index (χ2v) is 7.99. The molecule has 1 fully saturated rings. The molecule has 138 valence electrons. The van der Waals surface area contributed by atoms with Crippen LogP contribution in [0.1, 0.15) is 45.6 Å². The molecule has 0 aliphatic carbocycles. The van der Waals surface area contributed by atoms with Gasteiger partial charge >= 0.3 is 0 Å². The summed E-state index contributed by atoms with van der Waals surface area (Å²) in [5.74, 6) is 0.998. The van der Waals surface area contributed by atoms with Crippen molar-refractivity contribution in [1.82, 2.24) is 10.2 Å². The summed E-state index contributed by atoms with van der Waals surface area (Å²) in [5, 5.41) is 3.09. The van der Waals surface area contributed by atoms with E-state index in [0.717, 1.165) is 37.2 Å². The fraction of sp³-hybridized carbons (Fsp3) is 0.600. The molecule has 1 saturated heterocycles. The monoisotopic (exact) mass is 346 g/mol. The van der Waals surface area contributed by atoms with Crippen LogP contribution in [0, 0.1) is 5.41 Å². The van der Waals surface area contributed by atoms with Gasteiger partial charge in [-0.1, -0.05) is 32.9 Å². The Morgan fingerprint density at radius 2 is 1.92 bits per heavy atom. The molecule has 0 spiro atoms. The largest absolute Gasteiger partial charge is 0.497 e. The number of carbonyl (C=O) groups is 2. The van der Waals surface area contributed by atoms with Crippen LogP contribution in [-0.4, -0.2) is 43.0 Å². The highest BCUT2D eigenvalue weighted by molar-refractivity contribution is 5.79. The number of hydrogen-bond donors (Lipinski definition) is 1. The third kappa shape index (κ3) is 6.40. The summed E-state index contributed by atoms with van der Waals surface area (Å²) in [6.45, 7) is 7.68. The fourth-order valence-corrected chi connectivity index (χ4v) is 3.09. The minimum atomic E-state index is 0.0128. The fourth-order valence-electron chi connectivity index (χ4n) is 3.09. The van der Waals surface area contributed by atoms with Crippen LogP contribution in [0.3, 0.4) is 0 Å². The number of hydrogen-bond acceptors (Lipinski definition) is 3. The molecular weight excluding hydrogens is 316 g/mol. The van der Waals surface area contributed by atoms with Crippen LogP contribution < -0.4 is 10.1 Å². The smallest absolute Gasteiger partial charge is 0.224 e. The van der Waals surface area contributed by atoms with Gasteiger partial charge in [-0.05, 0) is 36.0 Å². The average Bonchev–Trinajstić information content (AvgIpc) is 2.54. The van der Waals surface area contributed by atoms with E-state index in [1.807, 2.05) is 29.2 Å². The lowest BCUT2D eigenvalue weighted by atomic mass is 9.91. The SMILES string of the molecule is COc1cccc(CC(=O)NC2CCN(C(=O)CC(C)(C)C)CC2)c1. The van der Waals surface area contributed by atoms with Gasteiger partial charge in [0.15, 0.2) is 0 Å². The Hall–Kier alpha value is -2.04. The van der Waals surface area contributed by atoms with E-state index < -0.39 is 0 Å². The molecule has 1 aliphatic heterocycles. The highest BCUT2D eigenvalue weighted by Gasteiger charge is 2.26. The number of likely N-dealkylation sites (tertiary alicyclic amines) is 1. The van der Waals surface area contributed by atoms with Crippen LogP contribution >= 0.6 is 0 Å². The maximum absolute atomic E-state index is 12.3. The standard InChI is InChI=1S/C20H30N2O3/c1-20(2,3)14-19(24)22-10-8-16(9-11-22)21-18(23)13-15-6-5-7-17(12-15)25-4/h5-7,12,16H,8-11,13-14H2,1-4H3,(H,21,23). The molecule has 1 aromatic rings. The Bertz CT molecular complexity index is 599. The molecule has 2 amide bonds. The van der Waals surface area contributed by atoms with Gasteiger partial charge in [-0.15, -0.1) is 0 Å². The van der Waals surface area contributed by atoms with Crippen LogP contribution in [0.25, 0.3) is 0 Å². The molecule has 5 heteroatoms. The normalized spacial score (nSPS) is 15.8. The first-order valence-electron chi connectivity index (χ1n) is 8.97. The van der Waals surface area contributed by atoms with Crippen molar-refractivity contribution in [2.75, 3.05) is 20.2 Å². The molecule has 0 unspecified atom stereocenters. The van der Waals surface area contributed by atoms with E-state index in [-0.39, 0.29) is 23.3 Å². The lowest BCUT2D eigenvalue weighted by Gasteiger charge is -2.34. The Morgan fingerprint density at radius 1 is 1.24 bits per heavy atom. The number of amides is 2. The third-order valence-electron chi connectivity index (χ3n) is 4.39. The lowest BCUT2D eigenvalue weighted by Crippen LogP contribution is -2.47. The predicted molar refractivity (Wildman–Crippen MR) is 98.5 cm³/mol. The molecule has 0 saturated carbocycles. The van der Waals surface area contributed by atoms with Gasteiger partial charge in [0.25, 0.3) is 0 Å². The second kappa shape index (κ2) is 8.37. The van der Waals surface area contributed by atoms with E-state index in [1.165, 1.54) is 0 Å². The van der Waals surface area contributed by atoms with Gasteiger partial charge in [0.2, 0.25) is 11.8 Å². The van der Waals surface area contributed by atoms with E-state index in [0.29, 0.717) is 12.8 Å². The molecule has 0 aromatic heterocycles. The van der Waals surface area contributed by atoms with Crippen LogP contribution in [-0.2, 0) is 16.0 Å². The molecule has 0 bridgehead atoms. The Balaban J connectivity index is 1.77. The first-order chi connectivity index (χ1) is 11.8. The van der Waals surface area contributed by atoms with Crippen molar-refractivity contribution in [2.24, 2.45) is 5.41 Å². The number of methoxy groups -OCH3 is 1. The van der Waals surface area contributed by atoms with Gasteiger partial charge < -0.3 is 15.0 Å². The number of ether oxygens (including phenoxy) is 1. The molecule has 25 heavy (non-hydrogen) atoms. The number of piperidine rings is 1. The first kappa shape index (κ1) is 19.3. The summed E-state index contributed by atoms with van der Waals surface area (Å²) in [6.07, 6.45) is 2.56. The van der Waals surface area contributed by atoms with Gasteiger partial charge in [0.1, 0.15) is 5.75 Å².